The zero-order chi connectivity index (χ0) is 24.3. The summed E-state index contributed by atoms with van der Waals surface area (Å²) in [6.45, 7) is 4.89. The molecule has 0 saturated carbocycles. The Hall–Kier alpha value is -2.97. The van der Waals surface area contributed by atoms with E-state index in [2.05, 4.69) is 4.98 Å². The van der Waals surface area contributed by atoms with Crippen molar-refractivity contribution in [1.82, 2.24) is 19.7 Å². The minimum absolute atomic E-state index is 0.0497. The average molecular weight is 455 g/mol. The molecular weight excluding hydrogens is 420 g/mol. The van der Waals surface area contributed by atoms with E-state index in [1.807, 2.05) is 45.0 Å². The molecule has 2 aromatic rings. The Balaban J connectivity index is 2.07. The first kappa shape index (κ1) is 24.7. The second-order valence-electron chi connectivity index (χ2n) is 9.24. The van der Waals surface area contributed by atoms with E-state index in [1.165, 1.54) is 4.90 Å². The fourth-order valence-corrected chi connectivity index (χ4v) is 3.93. The fourth-order valence-electron chi connectivity index (χ4n) is 3.93. The van der Waals surface area contributed by atoms with Crippen molar-refractivity contribution in [3.8, 4) is 17.0 Å². The van der Waals surface area contributed by atoms with Gasteiger partial charge < -0.3 is 24.5 Å². The highest BCUT2D eigenvalue weighted by Gasteiger charge is 2.34. The number of carbonyl (C=O) groups is 2. The molecule has 8 nitrogen and oxygen atoms in total. The van der Waals surface area contributed by atoms with Gasteiger partial charge in [-0.05, 0) is 44.8 Å². The lowest BCUT2D eigenvalue weighted by molar-refractivity contribution is 0.0348. The standard InChI is InChI=1S/C25H34N4O4/c1-16-13-29(17(2)15-30)25(32)21-11-20(12-26-23(21)33-22(16)14-27(3)4)18-8-7-9-19(10-18)24(31)28(5)6/h7-12,16-17,22,30H,13-15H2,1-6H3/t16-,17-,22-/m0/s1. The van der Waals surface area contributed by atoms with Crippen LogP contribution in [0.3, 0.4) is 0 Å². The summed E-state index contributed by atoms with van der Waals surface area (Å²) in [7, 11) is 7.38. The number of aliphatic hydroxyl groups excluding tert-OH is 1. The summed E-state index contributed by atoms with van der Waals surface area (Å²) in [6.07, 6.45) is 1.50. The van der Waals surface area contributed by atoms with Crippen LogP contribution in [0.2, 0.25) is 0 Å². The number of hydrogen-bond donors (Lipinski definition) is 1. The number of nitrogens with zero attached hydrogens (tertiary/aromatic N) is 4. The molecule has 0 spiro atoms. The molecule has 1 aliphatic heterocycles. The molecule has 0 unspecified atom stereocenters. The van der Waals surface area contributed by atoms with Gasteiger partial charge in [0.2, 0.25) is 5.88 Å². The molecule has 1 aromatic carbocycles. The number of rotatable bonds is 6. The zero-order valence-electron chi connectivity index (χ0n) is 20.3. The van der Waals surface area contributed by atoms with Gasteiger partial charge in [-0.25, -0.2) is 4.98 Å². The molecule has 0 radical (unpaired) electrons. The fraction of sp³-hybridized carbons (Fsp3) is 0.480. The van der Waals surface area contributed by atoms with Crippen molar-refractivity contribution in [2.75, 3.05) is 47.9 Å². The van der Waals surface area contributed by atoms with Crippen LogP contribution in [0.1, 0.15) is 34.6 Å². The number of amides is 2. The van der Waals surface area contributed by atoms with E-state index in [-0.39, 0.29) is 42.4 Å². The Bertz CT molecular complexity index is 1010. The van der Waals surface area contributed by atoms with E-state index in [0.29, 0.717) is 29.8 Å². The number of aliphatic hydroxyl groups is 1. The minimum Gasteiger partial charge on any atom is -0.472 e. The van der Waals surface area contributed by atoms with E-state index in [1.54, 1.807) is 43.4 Å². The van der Waals surface area contributed by atoms with Crippen molar-refractivity contribution in [2.45, 2.75) is 26.0 Å². The average Bonchev–Trinajstić information content (AvgIpc) is 2.79. The minimum atomic E-state index is -0.337. The summed E-state index contributed by atoms with van der Waals surface area (Å²) in [4.78, 5) is 35.7. The van der Waals surface area contributed by atoms with Crippen molar-refractivity contribution in [2.24, 2.45) is 5.92 Å². The van der Waals surface area contributed by atoms with Crippen LogP contribution in [-0.2, 0) is 0 Å². The van der Waals surface area contributed by atoms with Crippen LogP contribution in [0, 0.1) is 5.92 Å². The number of hydrogen-bond acceptors (Lipinski definition) is 6. The molecule has 0 aliphatic carbocycles. The summed E-state index contributed by atoms with van der Waals surface area (Å²) in [5, 5.41) is 9.79. The molecule has 0 saturated heterocycles. The number of carbonyl (C=O) groups excluding carboxylic acids is 2. The molecule has 8 heteroatoms. The molecule has 1 N–H and O–H groups in total. The van der Waals surface area contributed by atoms with E-state index >= 15 is 0 Å². The number of fused-ring (bicyclic) bond motifs is 1. The third kappa shape index (κ3) is 5.51. The molecule has 33 heavy (non-hydrogen) atoms. The summed E-state index contributed by atoms with van der Waals surface area (Å²) >= 11 is 0. The van der Waals surface area contributed by atoms with Gasteiger partial charge in [0.1, 0.15) is 11.7 Å². The van der Waals surface area contributed by atoms with Crippen LogP contribution < -0.4 is 4.74 Å². The zero-order valence-corrected chi connectivity index (χ0v) is 20.3. The molecule has 178 valence electrons. The molecule has 2 amide bonds. The Morgan fingerprint density at radius 1 is 1.24 bits per heavy atom. The summed E-state index contributed by atoms with van der Waals surface area (Å²) in [5.41, 5.74) is 2.41. The Labute approximate surface area is 195 Å². The lowest BCUT2D eigenvalue weighted by Gasteiger charge is -2.37. The van der Waals surface area contributed by atoms with Crippen molar-refractivity contribution in [1.29, 1.82) is 0 Å². The first-order valence-electron chi connectivity index (χ1n) is 11.2. The second-order valence-corrected chi connectivity index (χ2v) is 9.24. The van der Waals surface area contributed by atoms with E-state index in [4.69, 9.17) is 4.74 Å². The summed E-state index contributed by atoms with van der Waals surface area (Å²) in [6, 6.07) is 8.69. The van der Waals surface area contributed by atoms with Gasteiger partial charge in [0.25, 0.3) is 11.8 Å². The maximum Gasteiger partial charge on any atom is 0.259 e. The van der Waals surface area contributed by atoms with Crippen LogP contribution >= 0.6 is 0 Å². The van der Waals surface area contributed by atoms with Gasteiger partial charge in [0.05, 0.1) is 12.6 Å². The van der Waals surface area contributed by atoms with Crippen LogP contribution in [0.4, 0.5) is 0 Å². The number of pyridine rings is 1. The highest BCUT2D eigenvalue weighted by atomic mass is 16.5. The Morgan fingerprint density at radius 2 is 1.97 bits per heavy atom. The number of ether oxygens (including phenoxy) is 1. The van der Waals surface area contributed by atoms with Crippen LogP contribution in [-0.4, -0.2) is 96.6 Å². The second kappa shape index (κ2) is 10.3. The lowest BCUT2D eigenvalue weighted by Crippen LogP contribution is -2.49. The number of aromatic nitrogens is 1. The lowest BCUT2D eigenvalue weighted by atomic mass is 9.98. The van der Waals surface area contributed by atoms with Crippen molar-refractivity contribution in [3.05, 3.63) is 47.7 Å². The summed E-state index contributed by atoms with van der Waals surface area (Å²) in [5.74, 6) is 0.0158. The first-order chi connectivity index (χ1) is 15.6. The smallest absolute Gasteiger partial charge is 0.259 e. The van der Waals surface area contributed by atoms with Crippen molar-refractivity contribution >= 4 is 11.8 Å². The van der Waals surface area contributed by atoms with Crippen molar-refractivity contribution in [3.63, 3.8) is 0 Å². The van der Waals surface area contributed by atoms with Gasteiger partial charge in [-0.2, -0.15) is 0 Å². The Kier molecular flexibility index (Phi) is 7.71. The van der Waals surface area contributed by atoms with Gasteiger partial charge in [0.15, 0.2) is 0 Å². The topological polar surface area (TPSA) is 86.2 Å². The number of benzene rings is 1. The van der Waals surface area contributed by atoms with Gasteiger partial charge in [-0.3, -0.25) is 9.59 Å². The maximum atomic E-state index is 13.5. The van der Waals surface area contributed by atoms with Crippen LogP contribution in [0.15, 0.2) is 36.5 Å². The van der Waals surface area contributed by atoms with Gasteiger partial charge in [-0.1, -0.05) is 19.1 Å². The van der Waals surface area contributed by atoms with E-state index in [0.717, 1.165) is 5.56 Å². The molecule has 0 fully saturated rings. The predicted octanol–water partition coefficient (Wildman–Crippen LogP) is 2.23. The van der Waals surface area contributed by atoms with Gasteiger partial charge in [0, 0.05) is 50.4 Å². The van der Waals surface area contributed by atoms with Gasteiger partial charge >= 0.3 is 0 Å². The predicted molar refractivity (Wildman–Crippen MR) is 127 cm³/mol. The van der Waals surface area contributed by atoms with E-state index < -0.39 is 0 Å². The van der Waals surface area contributed by atoms with Crippen LogP contribution in [0.5, 0.6) is 5.88 Å². The number of likely N-dealkylation sites (N-methyl/N-ethyl adjacent to an activating group) is 1. The molecule has 1 aromatic heterocycles. The van der Waals surface area contributed by atoms with Crippen LogP contribution in [0.25, 0.3) is 11.1 Å². The molecule has 3 atom stereocenters. The van der Waals surface area contributed by atoms with Crippen molar-refractivity contribution < 1.29 is 19.4 Å². The molecular formula is C25H34N4O4. The maximum absolute atomic E-state index is 13.5. The highest BCUT2D eigenvalue weighted by Crippen LogP contribution is 2.30. The molecule has 3 rings (SSSR count). The monoisotopic (exact) mass is 454 g/mol. The SMILES string of the molecule is C[C@H]1CN([C@@H](C)CO)C(=O)c2cc(-c3cccc(C(=O)N(C)C)c3)cnc2O[C@H]1CN(C)C. The molecule has 0 bridgehead atoms. The summed E-state index contributed by atoms with van der Waals surface area (Å²) < 4.78 is 6.25. The third-order valence-electron chi connectivity index (χ3n) is 5.92. The Morgan fingerprint density at radius 3 is 2.61 bits per heavy atom. The first-order valence-corrected chi connectivity index (χ1v) is 11.2. The third-order valence-corrected chi connectivity index (χ3v) is 5.92. The van der Waals surface area contributed by atoms with Gasteiger partial charge in [-0.15, -0.1) is 0 Å². The molecule has 1 aliphatic rings. The largest absolute Gasteiger partial charge is 0.472 e. The van der Waals surface area contributed by atoms with E-state index in [9.17, 15) is 14.7 Å². The highest BCUT2D eigenvalue weighted by molar-refractivity contribution is 5.98. The normalized spacial score (nSPS) is 19.4. The molecule has 2 heterocycles. The quantitative estimate of drug-likeness (QED) is 0.721.